The lowest BCUT2D eigenvalue weighted by atomic mass is 10.0. The summed E-state index contributed by atoms with van der Waals surface area (Å²) in [5.74, 6) is 0. The number of carbonyl (C=O) groups excluding carboxylic acids is 1. The zero-order chi connectivity index (χ0) is 18.3. The third kappa shape index (κ3) is 7.32. The van der Waals surface area contributed by atoms with Gasteiger partial charge in [-0.05, 0) is 51.3 Å². The number of likely N-dealkylation sites (tertiary alicyclic amines) is 1. The highest BCUT2D eigenvalue weighted by atomic mass is 16.6. The second-order valence-electron chi connectivity index (χ2n) is 7.55. The van der Waals surface area contributed by atoms with E-state index in [0.717, 1.165) is 43.7 Å². The van der Waals surface area contributed by atoms with E-state index in [1.54, 1.807) is 0 Å². The Morgan fingerprint density at radius 1 is 1.32 bits per heavy atom. The Morgan fingerprint density at radius 2 is 2.04 bits per heavy atom. The molecule has 0 radical (unpaired) electrons. The molecule has 1 heterocycles. The first kappa shape index (κ1) is 19.5. The maximum atomic E-state index is 11.6. The van der Waals surface area contributed by atoms with Crippen molar-refractivity contribution in [2.24, 2.45) is 0 Å². The molecule has 0 aromatic heterocycles. The predicted octanol–water partition coefficient (Wildman–Crippen LogP) is 2.58. The summed E-state index contributed by atoms with van der Waals surface area (Å²) >= 11 is 0. The fraction of sp³-hybridized carbons (Fsp3) is 0.632. The number of amides is 1. The van der Waals surface area contributed by atoms with E-state index in [0.29, 0.717) is 12.6 Å². The Balaban J connectivity index is 1.65. The lowest BCUT2D eigenvalue weighted by Crippen LogP contribution is -2.43. The van der Waals surface area contributed by atoms with Gasteiger partial charge in [0.05, 0.1) is 6.61 Å². The number of benzene rings is 1. The first-order valence-electron chi connectivity index (χ1n) is 9.01. The molecule has 0 atom stereocenters. The third-order valence-corrected chi connectivity index (χ3v) is 4.16. The number of nitrogens with one attached hydrogen (secondary N) is 2. The minimum atomic E-state index is -0.457. The Labute approximate surface area is 150 Å². The van der Waals surface area contributed by atoms with Crippen molar-refractivity contribution in [3.63, 3.8) is 0 Å². The average molecular weight is 349 g/mol. The van der Waals surface area contributed by atoms with Gasteiger partial charge >= 0.3 is 6.09 Å². The van der Waals surface area contributed by atoms with Gasteiger partial charge in [0.15, 0.2) is 0 Å². The largest absolute Gasteiger partial charge is 0.444 e. The lowest BCUT2D eigenvalue weighted by molar-refractivity contribution is 0.0520. The van der Waals surface area contributed by atoms with Crippen LogP contribution in [-0.4, -0.2) is 53.9 Å². The molecule has 0 spiro atoms. The van der Waals surface area contributed by atoms with Crippen LogP contribution in [0.1, 0.15) is 39.2 Å². The van der Waals surface area contributed by atoms with Crippen LogP contribution in [0.4, 0.5) is 10.5 Å². The van der Waals surface area contributed by atoms with E-state index in [1.165, 1.54) is 0 Å². The van der Waals surface area contributed by atoms with Crippen LogP contribution in [0, 0.1) is 0 Å². The quantitative estimate of drug-likeness (QED) is 0.736. The molecule has 1 saturated heterocycles. The first-order chi connectivity index (χ1) is 11.9. The molecule has 0 bridgehead atoms. The van der Waals surface area contributed by atoms with E-state index in [2.05, 4.69) is 15.5 Å². The molecule has 25 heavy (non-hydrogen) atoms. The Hall–Kier alpha value is -1.79. The summed E-state index contributed by atoms with van der Waals surface area (Å²) < 4.78 is 5.23. The zero-order valence-corrected chi connectivity index (χ0v) is 15.5. The molecule has 2 rings (SSSR count). The molecule has 6 nitrogen and oxygen atoms in total. The van der Waals surface area contributed by atoms with Crippen molar-refractivity contribution in [2.45, 2.75) is 51.9 Å². The van der Waals surface area contributed by atoms with Crippen LogP contribution >= 0.6 is 0 Å². The fourth-order valence-corrected chi connectivity index (χ4v) is 2.93. The highest BCUT2D eigenvalue weighted by Crippen LogP contribution is 2.17. The van der Waals surface area contributed by atoms with Crippen molar-refractivity contribution in [1.82, 2.24) is 10.2 Å². The van der Waals surface area contributed by atoms with E-state index >= 15 is 0 Å². The topological polar surface area (TPSA) is 73.8 Å². The second kappa shape index (κ2) is 9.06. The second-order valence-corrected chi connectivity index (χ2v) is 7.55. The van der Waals surface area contributed by atoms with Crippen LogP contribution in [0.3, 0.4) is 0 Å². The average Bonchev–Trinajstić information content (AvgIpc) is 2.55. The lowest BCUT2D eigenvalue weighted by Gasteiger charge is -2.33. The van der Waals surface area contributed by atoms with Gasteiger partial charge < -0.3 is 25.4 Å². The zero-order valence-electron chi connectivity index (χ0n) is 15.5. The van der Waals surface area contributed by atoms with Crippen molar-refractivity contribution in [2.75, 3.05) is 31.5 Å². The summed E-state index contributed by atoms with van der Waals surface area (Å²) in [6.45, 7) is 9.11. The van der Waals surface area contributed by atoms with Gasteiger partial charge in [0.2, 0.25) is 0 Å². The summed E-state index contributed by atoms with van der Waals surface area (Å²) in [4.78, 5) is 14.0. The summed E-state index contributed by atoms with van der Waals surface area (Å²) in [5.41, 5.74) is 1.54. The smallest absolute Gasteiger partial charge is 0.407 e. The molecule has 140 valence electrons. The predicted molar refractivity (Wildman–Crippen MR) is 99.7 cm³/mol. The van der Waals surface area contributed by atoms with Crippen LogP contribution in [0.5, 0.6) is 0 Å². The molecule has 1 aromatic carbocycles. The molecular weight excluding hydrogens is 318 g/mol. The number of alkyl carbamates (subject to hydrolysis) is 1. The maximum Gasteiger partial charge on any atom is 0.407 e. The van der Waals surface area contributed by atoms with Gasteiger partial charge in [-0.25, -0.2) is 4.79 Å². The highest BCUT2D eigenvalue weighted by Gasteiger charge is 2.20. The molecule has 1 aromatic rings. The standard InChI is InChI=1S/C19H31N3O3/c1-19(2,3)25-18(24)20-9-12-22-10-7-16(8-11-22)21-17-6-4-5-15(13-17)14-23/h4-6,13,16,21,23H,7-12,14H2,1-3H3,(H,20,24). The van der Waals surface area contributed by atoms with E-state index in [9.17, 15) is 9.90 Å². The van der Waals surface area contributed by atoms with Gasteiger partial charge in [0.1, 0.15) is 5.60 Å². The molecule has 3 N–H and O–H groups in total. The van der Waals surface area contributed by atoms with Crippen molar-refractivity contribution in [1.29, 1.82) is 0 Å². The van der Waals surface area contributed by atoms with E-state index in [-0.39, 0.29) is 12.7 Å². The molecule has 1 aliphatic rings. The van der Waals surface area contributed by atoms with Crippen molar-refractivity contribution < 1.29 is 14.6 Å². The van der Waals surface area contributed by atoms with E-state index in [1.807, 2.05) is 45.0 Å². The SMILES string of the molecule is CC(C)(C)OC(=O)NCCN1CCC(Nc2cccc(CO)c2)CC1. The molecule has 0 saturated carbocycles. The van der Waals surface area contributed by atoms with Gasteiger partial charge in [-0.3, -0.25) is 0 Å². The summed E-state index contributed by atoms with van der Waals surface area (Å²) in [6, 6.07) is 8.37. The van der Waals surface area contributed by atoms with Gasteiger partial charge in [-0.2, -0.15) is 0 Å². The molecule has 0 aliphatic carbocycles. The van der Waals surface area contributed by atoms with E-state index < -0.39 is 5.60 Å². The number of rotatable bonds is 6. The molecule has 0 unspecified atom stereocenters. The summed E-state index contributed by atoms with van der Waals surface area (Å²) in [5, 5.41) is 15.6. The number of nitrogens with zero attached hydrogens (tertiary/aromatic N) is 1. The normalized spacial score (nSPS) is 16.5. The van der Waals surface area contributed by atoms with Gasteiger partial charge in [0, 0.05) is 37.9 Å². The van der Waals surface area contributed by atoms with E-state index in [4.69, 9.17) is 4.74 Å². The van der Waals surface area contributed by atoms with Crippen LogP contribution in [0.2, 0.25) is 0 Å². The number of aliphatic hydroxyl groups is 1. The summed E-state index contributed by atoms with van der Waals surface area (Å²) in [7, 11) is 0. The molecule has 6 heteroatoms. The molecular formula is C19H31N3O3. The van der Waals surface area contributed by atoms with Crippen molar-refractivity contribution in [3.05, 3.63) is 29.8 Å². The molecule has 1 amide bonds. The number of anilines is 1. The molecule has 1 fully saturated rings. The number of piperidine rings is 1. The molecule has 1 aliphatic heterocycles. The number of carbonyl (C=O) groups is 1. The Morgan fingerprint density at radius 3 is 2.68 bits per heavy atom. The van der Waals surface area contributed by atoms with Gasteiger partial charge in [-0.1, -0.05) is 12.1 Å². The Kier molecular flexibility index (Phi) is 7.08. The number of ether oxygens (including phenoxy) is 1. The minimum absolute atomic E-state index is 0.0681. The maximum absolute atomic E-state index is 11.6. The number of hydrogen-bond donors (Lipinski definition) is 3. The first-order valence-corrected chi connectivity index (χ1v) is 9.01. The highest BCUT2D eigenvalue weighted by molar-refractivity contribution is 5.67. The van der Waals surface area contributed by atoms with Crippen LogP contribution in [0.15, 0.2) is 24.3 Å². The third-order valence-electron chi connectivity index (χ3n) is 4.16. The van der Waals surface area contributed by atoms with Gasteiger partial charge in [-0.15, -0.1) is 0 Å². The fourth-order valence-electron chi connectivity index (χ4n) is 2.93. The minimum Gasteiger partial charge on any atom is -0.444 e. The number of hydrogen-bond acceptors (Lipinski definition) is 5. The van der Waals surface area contributed by atoms with Crippen LogP contribution in [0.25, 0.3) is 0 Å². The Bertz CT molecular complexity index is 549. The van der Waals surface area contributed by atoms with Crippen molar-refractivity contribution >= 4 is 11.8 Å². The van der Waals surface area contributed by atoms with Crippen molar-refractivity contribution in [3.8, 4) is 0 Å². The summed E-state index contributed by atoms with van der Waals surface area (Å²) in [6.07, 6.45) is 1.78. The van der Waals surface area contributed by atoms with Gasteiger partial charge in [0.25, 0.3) is 0 Å². The monoisotopic (exact) mass is 349 g/mol. The number of aliphatic hydroxyl groups excluding tert-OH is 1. The van der Waals surface area contributed by atoms with Crippen LogP contribution in [-0.2, 0) is 11.3 Å². The van der Waals surface area contributed by atoms with Crippen LogP contribution < -0.4 is 10.6 Å².